The van der Waals surface area contributed by atoms with Crippen molar-refractivity contribution in [2.75, 3.05) is 12.8 Å². The smallest absolute Gasteiger partial charge is 0.357 e. The van der Waals surface area contributed by atoms with Gasteiger partial charge < -0.3 is 15.0 Å². The van der Waals surface area contributed by atoms with E-state index >= 15 is 0 Å². The van der Waals surface area contributed by atoms with Crippen molar-refractivity contribution in [1.82, 2.24) is 14.5 Å². The molecule has 114 valence electrons. The molecule has 0 aliphatic carbocycles. The Morgan fingerprint density at radius 3 is 2.83 bits per heavy atom. The maximum Gasteiger partial charge on any atom is 0.357 e. The van der Waals surface area contributed by atoms with Crippen molar-refractivity contribution in [3.63, 3.8) is 0 Å². The van der Waals surface area contributed by atoms with Gasteiger partial charge in [0.2, 0.25) is 0 Å². The summed E-state index contributed by atoms with van der Waals surface area (Å²) in [4.78, 5) is 20.6. The lowest BCUT2D eigenvalue weighted by Crippen LogP contribution is -2.11. The van der Waals surface area contributed by atoms with Gasteiger partial charge in [0.05, 0.1) is 34.0 Å². The third kappa shape index (κ3) is 2.31. The first-order chi connectivity index (χ1) is 11.1. The molecule has 0 bridgehead atoms. The minimum absolute atomic E-state index is 0.0745. The molecule has 0 amide bonds. The Labute approximate surface area is 139 Å². The van der Waals surface area contributed by atoms with Gasteiger partial charge in [-0.25, -0.2) is 4.79 Å². The number of nitrogen functional groups attached to an aromatic ring is 1. The van der Waals surface area contributed by atoms with Crippen LogP contribution in [0.1, 0.15) is 16.1 Å². The Balaban J connectivity index is 2.33. The van der Waals surface area contributed by atoms with Crippen molar-refractivity contribution in [3.8, 4) is 11.8 Å². The zero-order chi connectivity index (χ0) is 16.6. The van der Waals surface area contributed by atoms with E-state index in [9.17, 15) is 4.79 Å². The van der Waals surface area contributed by atoms with E-state index in [0.717, 1.165) is 0 Å². The summed E-state index contributed by atoms with van der Waals surface area (Å²) < 4.78 is 6.92. The first-order valence-corrected chi connectivity index (χ1v) is 7.26. The van der Waals surface area contributed by atoms with E-state index < -0.39 is 5.97 Å². The molecule has 2 N–H and O–H groups in total. The molecule has 8 heteroatoms. The number of benzene rings is 1. The van der Waals surface area contributed by atoms with E-state index in [-0.39, 0.29) is 16.9 Å². The van der Waals surface area contributed by atoms with Gasteiger partial charge in [-0.1, -0.05) is 0 Å². The number of carbonyl (C=O) groups is 1. The number of anilines is 1. The van der Waals surface area contributed by atoms with Crippen LogP contribution in [0.25, 0.3) is 16.7 Å². The van der Waals surface area contributed by atoms with Crippen LogP contribution < -0.4 is 5.73 Å². The average Bonchev–Trinajstić information content (AvgIpc) is 2.91. The van der Waals surface area contributed by atoms with Crippen LogP contribution in [0.5, 0.6) is 0 Å². The first kappa shape index (κ1) is 15.0. The molecule has 0 saturated carbocycles. The predicted octanol–water partition coefficient (Wildman–Crippen LogP) is 2.42. The third-order valence-electron chi connectivity index (χ3n) is 3.36. The number of hydrogen-bond acceptors (Lipinski definition) is 6. The van der Waals surface area contributed by atoms with Crippen molar-refractivity contribution >= 4 is 38.6 Å². The summed E-state index contributed by atoms with van der Waals surface area (Å²) in [6.45, 7) is 0. The van der Waals surface area contributed by atoms with Crippen LogP contribution >= 0.6 is 15.9 Å². The quantitative estimate of drug-likeness (QED) is 0.693. The SMILES string of the molecule is COC(=O)c1c(N)c(C#N)cn1-c1ccc2nccnc2c1Br. The van der Waals surface area contributed by atoms with Crippen molar-refractivity contribution < 1.29 is 9.53 Å². The Bertz CT molecular complexity index is 974. The zero-order valence-electron chi connectivity index (χ0n) is 11.9. The van der Waals surface area contributed by atoms with Gasteiger partial charge in [0.15, 0.2) is 5.69 Å². The number of nitrogens with zero attached hydrogens (tertiary/aromatic N) is 4. The van der Waals surface area contributed by atoms with Crippen LogP contribution in [-0.4, -0.2) is 27.6 Å². The van der Waals surface area contributed by atoms with E-state index in [1.165, 1.54) is 17.9 Å². The molecule has 0 aliphatic rings. The monoisotopic (exact) mass is 371 g/mol. The maximum atomic E-state index is 12.1. The van der Waals surface area contributed by atoms with E-state index in [0.29, 0.717) is 21.2 Å². The molecule has 23 heavy (non-hydrogen) atoms. The molecule has 7 nitrogen and oxygen atoms in total. The number of esters is 1. The normalized spacial score (nSPS) is 10.5. The van der Waals surface area contributed by atoms with Crippen LogP contribution in [0.3, 0.4) is 0 Å². The molecule has 0 atom stereocenters. The summed E-state index contributed by atoms with van der Waals surface area (Å²) in [7, 11) is 1.26. The van der Waals surface area contributed by atoms with Crippen LogP contribution in [0.4, 0.5) is 5.69 Å². The van der Waals surface area contributed by atoms with Gasteiger partial charge in [0.1, 0.15) is 11.6 Å². The number of rotatable bonds is 2. The Morgan fingerprint density at radius 2 is 2.13 bits per heavy atom. The van der Waals surface area contributed by atoms with E-state index in [1.807, 2.05) is 6.07 Å². The number of hydrogen-bond donors (Lipinski definition) is 1. The average molecular weight is 372 g/mol. The molecule has 3 rings (SSSR count). The summed E-state index contributed by atoms with van der Waals surface area (Å²) in [5.74, 6) is -0.629. The van der Waals surface area contributed by atoms with E-state index in [1.54, 1.807) is 24.5 Å². The fourth-order valence-electron chi connectivity index (χ4n) is 2.28. The summed E-state index contributed by atoms with van der Waals surface area (Å²) in [6, 6.07) is 5.49. The van der Waals surface area contributed by atoms with Crippen LogP contribution in [0.2, 0.25) is 0 Å². The summed E-state index contributed by atoms with van der Waals surface area (Å²) in [6.07, 6.45) is 4.66. The number of nitrogens with two attached hydrogens (primary N) is 1. The molecule has 0 radical (unpaired) electrons. The fraction of sp³-hybridized carbons (Fsp3) is 0.0667. The summed E-state index contributed by atoms with van der Waals surface area (Å²) >= 11 is 3.48. The molecular weight excluding hydrogens is 362 g/mol. The summed E-state index contributed by atoms with van der Waals surface area (Å²) in [5.41, 5.74) is 8.19. The van der Waals surface area contributed by atoms with Crippen molar-refractivity contribution in [3.05, 3.63) is 46.5 Å². The minimum atomic E-state index is -0.629. The second-order valence-electron chi connectivity index (χ2n) is 4.60. The molecule has 2 heterocycles. The molecule has 0 unspecified atom stereocenters. The molecule has 0 aliphatic heterocycles. The molecule has 3 aromatic rings. The number of fused-ring (bicyclic) bond motifs is 1. The first-order valence-electron chi connectivity index (χ1n) is 6.47. The molecule has 0 spiro atoms. The predicted molar refractivity (Wildman–Crippen MR) is 87.0 cm³/mol. The van der Waals surface area contributed by atoms with Crippen LogP contribution in [0.15, 0.2) is 35.2 Å². The number of nitriles is 1. The van der Waals surface area contributed by atoms with Crippen LogP contribution in [0, 0.1) is 11.3 Å². The molecule has 0 fully saturated rings. The molecular formula is C15H10BrN5O2. The lowest BCUT2D eigenvalue weighted by Gasteiger charge is -2.11. The zero-order valence-corrected chi connectivity index (χ0v) is 13.5. The Kier molecular flexibility index (Phi) is 3.72. The highest BCUT2D eigenvalue weighted by molar-refractivity contribution is 9.10. The topological polar surface area (TPSA) is 107 Å². The number of ether oxygens (including phenoxy) is 1. The van der Waals surface area contributed by atoms with Gasteiger partial charge >= 0.3 is 5.97 Å². The highest BCUT2D eigenvalue weighted by atomic mass is 79.9. The van der Waals surface area contributed by atoms with Crippen molar-refractivity contribution in [1.29, 1.82) is 5.26 Å². The van der Waals surface area contributed by atoms with Gasteiger partial charge in [-0.3, -0.25) is 9.97 Å². The molecule has 0 saturated heterocycles. The number of halogens is 1. The number of carbonyl (C=O) groups excluding carboxylic acids is 1. The number of methoxy groups -OCH3 is 1. The van der Waals surface area contributed by atoms with Gasteiger partial charge in [-0.05, 0) is 28.1 Å². The van der Waals surface area contributed by atoms with Crippen LogP contribution in [-0.2, 0) is 4.74 Å². The molecule has 1 aromatic carbocycles. The lowest BCUT2D eigenvalue weighted by atomic mass is 10.2. The second-order valence-corrected chi connectivity index (χ2v) is 5.39. The highest BCUT2D eigenvalue weighted by Crippen LogP contribution is 2.32. The van der Waals surface area contributed by atoms with Gasteiger partial charge in [-0.2, -0.15) is 5.26 Å². The standard InChI is InChI=1S/C15H10BrN5O2/c1-23-15(22)14-12(18)8(6-17)7-21(14)10-3-2-9-13(11(10)16)20-5-4-19-9/h2-5,7H,18H2,1H3. The summed E-state index contributed by atoms with van der Waals surface area (Å²) in [5, 5.41) is 9.17. The minimum Gasteiger partial charge on any atom is -0.464 e. The van der Waals surface area contributed by atoms with Gasteiger partial charge in [0.25, 0.3) is 0 Å². The third-order valence-corrected chi connectivity index (χ3v) is 4.14. The second kappa shape index (κ2) is 5.70. The van der Waals surface area contributed by atoms with E-state index in [2.05, 4.69) is 25.9 Å². The number of aromatic nitrogens is 3. The molecule has 2 aromatic heterocycles. The van der Waals surface area contributed by atoms with Crippen molar-refractivity contribution in [2.24, 2.45) is 0 Å². The van der Waals surface area contributed by atoms with Crippen molar-refractivity contribution in [2.45, 2.75) is 0 Å². The maximum absolute atomic E-state index is 12.1. The lowest BCUT2D eigenvalue weighted by molar-refractivity contribution is 0.0593. The van der Waals surface area contributed by atoms with E-state index in [4.69, 9.17) is 15.7 Å². The largest absolute Gasteiger partial charge is 0.464 e. The van der Waals surface area contributed by atoms with Gasteiger partial charge in [0, 0.05) is 18.6 Å². The Morgan fingerprint density at radius 1 is 1.39 bits per heavy atom. The highest BCUT2D eigenvalue weighted by Gasteiger charge is 2.23. The van der Waals surface area contributed by atoms with Gasteiger partial charge in [-0.15, -0.1) is 0 Å². The Hall–Kier alpha value is -2.92. The fourth-order valence-corrected chi connectivity index (χ4v) is 2.91.